The van der Waals surface area contributed by atoms with Gasteiger partial charge in [0.25, 0.3) is 0 Å². The van der Waals surface area contributed by atoms with E-state index in [1.54, 1.807) is 12.1 Å². The van der Waals surface area contributed by atoms with Gasteiger partial charge in [0.2, 0.25) is 0 Å². The molecule has 1 saturated heterocycles. The normalized spacial score (nSPS) is 16.5. The Morgan fingerprint density at radius 2 is 1.95 bits per heavy atom. The number of nitrogens with zero attached hydrogens (tertiary/aromatic N) is 3. The first-order valence-corrected chi connectivity index (χ1v) is 7.49. The second-order valence-electron chi connectivity index (χ2n) is 4.57. The summed E-state index contributed by atoms with van der Waals surface area (Å²) >= 11 is 0. The largest absolute Gasteiger partial charge is 0.369 e. The van der Waals surface area contributed by atoms with Gasteiger partial charge in [-0.3, -0.25) is 8.86 Å². The Kier molecular flexibility index (Phi) is 3.98. The Labute approximate surface area is 113 Å². The van der Waals surface area contributed by atoms with Crippen molar-refractivity contribution >= 4 is 21.7 Å². The fourth-order valence-corrected chi connectivity index (χ4v) is 2.55. The summed E-state index contributed by atoms with van der Waals surface area (Å²) < 4.78 is 32.1. The van der Waals surface area contributed by atoms with Crippen molar-refractivity contribution in [1.29, 1.82) is 0 Å². The summed E-state index contributed by atoms with van der Waals surface area (Å²) in [5, 5.41) is 4.30. The van der Waals surface area contributed by atoms with E-state index in [1.807, 2.05) is 13.0 Å². The average Bonchev–Trinajstić information content (AvgIpc) is 2.37. The first-order valence-electron chi connectivity index (χ1n) is 6.10. The van der Waals surface area contributed by atoms with E-state index in [-0.39, 0.29) is 0 Å². The van der Waals surface area contributed by atoms with Gasteiger partial charge >= 0.3 is 10.3 Å². The molecule has 1 aliphatic rings. The minimum absolute atomic E-state index is 0.449. The second-order valence-corrected chi connectivity index (χ2v) is 6.02. The van der Waals surface area contributed by atoms with Crippen LogP contribution in [0.4, 0.5) is 11.4 Å². The highest BCUT2D eigenvalue weighted by Crippen LogP contribution is 2.26. The van der Waals surface area contributed by atoms with Crippen LogP contribution in [0.2, 0.25) is 0 Å². The molecule has 0 unspecified atom stereocenters. The lowest BCUT2D eigenvalue weighted by Crippen LogP contribution is -2.40. The molecule has 0 aliphatic carbocycles. The first-order chi connectivity index (χ1) is 8.89. The molecule has 0 bridgehead atoms. The van der Waals surface area contributed by atoms with Crippen LogP contribution in [-0.4, -0.2) is 46.2 Å². The molecule has 19 heavy (non-hydrogen) atoms. The summed E-state index contributed by atoms with van der Waals surface area (Å²) in [5.74, 6) is 0. The van der Waals surface area contributed by atoms with Crippen molar-refractivity contribution in [3.63, 3.8) is 0 Å². The highest BCUT2D eigenvalue weighted by atomic mass is 32.2. The zero-order chi connectivity index (χ0) is 14.0. The Balaban J connectivity index is 2.26. The number of hydrogen-bond acceptors (Lipinski definition) is 3. The monoisotopic (exact) mass is 284 g/mol. The fraction of sp³-hybridized carbons (Fsp3) is 0.500. The first kappa shape index (κ1) is 14.1. The highest BCUT2D eigenvalue weighted by molar-refractivity contribution is 7.87. The van der Waals surface area contributed by atoms with Gasteiger partial charge in [-0.2, -0.15) is 8.42 Å². The summed E-state index contributed by atoms with van der Waals surface area (Å²) in [7, 11) is -2.88. The smallest absolute Gasteiger partial charge is 0.359 e. The van der Waals surface area contributed by atoms with E-state index in [0.717, 1.165) is 41.7 Å². The van der Waals surface area contributed by atoms with E-state index in [4.69, 9.17) is 4.55 Å². The third-order valence-electron chi connectivity index (χ3n) is 3.29. The van der Waals surface area contributed by atoms with Crippen LogP contribution in [0, 0.1) is 6.92 Å². The Morgan fingerprint density at radius 3 is 2.47 bits per heavy atom. The minimum atomic E-state index is -4.21. The molecular weight excluding hydrogens is 266 g/mol. The summed E-state index contributed by atoms with van der Waals surface area (Å²) in [6.45, 7) is 5.35. The van der Waals surface area contributed by atoms with Crippen LogP contribution in [0.1, 0.15) is 5.56 Å². The van der Waals surface area contributed by atoms with Crippen molar-refractivity contribution in [3.05, 3.63) is 23.8 Å². The lowest BCUT2D eigenvalue weighted by Gasteiger charge is -2.30. The maximum absolute atomic E-state index is 11.1. The van der Waals surface area contributed by atoms with Crippen molar-refractivity contribution in [2.75, 3.05) is 42.4 Å². The number of aryl methyl sites for hydroxylation is 1. The highest BCUT2D eigenvalue weighted by Gasteiger charge is 2.17. The topological polar surface area (TPSA) is 75.0 Å². The van der Waals surface area contributed by atoms with Gasteiger partial charge in [0, 0.05) is 38.9 Å². The van der Waals surface area contributed by atoms with Gasteiger partial charge < -0.3 is 4.90 Å². The van der Waals surface area contributed by atoms with Crippen LogP contribution in [0.5, 0.6) is 0 Å². The minimum Gasteiger partial charge on any atom is -0.369 e. The van der Waals surface area contributed by atoms with E-state index >= 15 is 0 Å². The molecule has 1 N–H and O–H groups in total. The molecule has 1 radical (unpaired) electrons. The predicted octanol–water partition coefficient (Wildman–Crippen LogP) is 0.658. The van der Waals surface area contributed by atoms with Gasteiger partial charge in [-0.1, -0.05) is 0 Å². The Morgan fingerprint density at radius 1 is 1.32 bits per heavy atom. The van der Waals surface area contributed by atoms with E-state index in [9.17, 15) is 8.42 Å². The van der Waals surface area contributed by atoms with Crippen molar-refractivity contribution in [2.24, 2.45) is 0 Å². The zero-order valence-electron chi connectivity index (χ0n) is 11.1. The Hall–Kier alpha value is -1.31. The molecule has 0 amide bonds. The number of rotatable bonds is 3. The maximum atomic E-state index is 11.1. The molecule has 1 fully saturated rings. The second kappa shape index (κ2) is 5.36. The summed E-state index contributed by atoms with van der Waals surface area (Å²) in [5.41, 5.74) is 2.52. The molecule has 0 aromatic heterocycles. The molecule has 0 spiro atoms. The van der Waals surface area contributed by atoms with Gasteiger partial charge in [-0.05, 0) is 30.7 Å². The maximum Gasteiger partial charge on any atom is 0.359 e. The van der Waals surface area contributed by atoms with Crippen LogP contribution < -0.4 is 14.5 Å². The molecule has 6 nitrogen and oxygen atoms in total. The van der Waals surface area contributed by atoms with Crippen LogP contribution >= 0.6 is 0 Å². The lowest BCUT2D eigenvalue weighted by molar-refractivity contribution is 0.481. The molecule has 1 aliphatic heterocycles. The van der Waals surface area contributed by atoms with Crippen LogP contribution in [0.15, 0.2) is 18.2 Å². The Bertz CT molecular complexity index is 553. The van der Waals surface area contributed by atoms with Crippen LogP contribution in [-0.2, 0) is 10.3 Å². The molecular formula is C12H18N3O3S. The third-order valence-corrected chi connectivity index (χ3v) is 4.19. The molecule has 0 atom stereocenters. The van der Waals surface area contributed by atoms with E-state index in [2.05, 4.69) is 10.2 Å². The molecule has 1 heterocycles. The van der Waals surface area contributed by atoms with E-state index in [1.165, 1.54) is 7.05 Å². The fourth-order valence-electron chi connectivity index (χ4n) is 2.17. The number of hydrogen-bond donors (Lipinski definition) is 1. The summed E-state index contributed by atoms with van der Waals surface area (Å²) in [4.78, 5) is 2.24. The van der Waals surface area contributed by atoms with Crippen molar-refractivity contribution in [2.45, 2.75) is 6.92 Å². The quantitative estimate of drug-likeness (QED) is 0.827. The lowest BCUT2D eigenvalue weighted by atomic mass is 10.1. The van der Waals surface area contributed by atoms with Gasteiger partial charge in [-0.25, -0.2) is 5.32 Å². The molecule has 7 heteroatoms. The van der Waals surface area contributed by atoms with Gasteiger partial charge in [0.05, 0.1) is 5.69 Å². The predicted molar refractivity (Wildman–Crippen MR) is 75.2 cm³/mol. The number of piperazine rings is 1. The van der Waals surface area contributed by atoms with Crippen LogP contribution in [0.25, 0.3) is 0 Å². The SMILES string of the molecule is Cc1cc(N(C)S(=O)(=O)O)ccc1N1CC[N]CC1. The standard InChI is InChI=1S/C12H18N3O3S/c1-10-9-11(14(2)19(16,17)18)3-4-12(10)15-7-5-13-6-8-15/h3-4,9H,5-8H2,1-2H3,(H,16,17,18). The van der Waals surface area contributed by atoms with Crippen molar-refractivity contribution in [3.8, 4) is 0 Å². The average molecular weight is 284 g/mol. The van der Waals surface area contributed by atoms with Gasteiger partial charge in [0.15, 0.2) is 0 Å². The van der Waals surface area contributed by atoms with Gasteiger partial charge in [-0.15, -0.1) is 0 Å². The van der Waals surface area contributed by atoms with Crippen LogP contribution in [0.3, 0.4) is 0 Å². The molecule has 105 valence electrons. The summed E-state index contributed by atoms with van der Waals surface area (Å²) in [6, 6.07) is 5.34. The van der Waals surface area contributed by atoms with Gasteiger partial charge in [0.1, 0.15) is 0 Å². The molecule has 0 saturated carbocycles. The number of anilines is 2. The van der Waals surface area contributed by atoms with Crippen molar-refractivity contribution < 1.29 is 13.0 Å². The van der Waals surface area contributed by atoms with E-state index < -0.39 is 10.3 Å². The zero-order valence-corrected chi connectivity index (χ0v) is 11.9. The third kappa shape index (κ3) is 3.17. The molecule has 1 aromatic rings. The summed E-state index contributed by atoms with van der Waals surface area (Å²) in [6.07, 6.45) is 0. The number of benzene rings is 1. The van der Waals surface area contributed by atoms with E-state index in [0.29, 0.717) is 5.69 Å². The van der Waals surface area contributed by atoms with Crippen molar-refractivity contribution in [1.82, 2.24) is 5.32 Å². The molecule has 2 rings (SSSR count). The molecule has 1 aromatic carbocycles.